The Labute approximate surface area is 352 Å². The van der Waals surface area contributed by atoms with E-state index in [4.69, 9.17) is 4.74 Å². The van der Waals surface area contributed by atoms with Crippen LogP contribution in [0.4, 0.5) is 9.18 Å². The van der Waals surface area contributed by atoms with Gasteiger partial charge in [-0.2, -0.15) is 5.10 Å². The number of rotatable bonds is 10. The van der Waals surface area contributed by atoms with Crippen LogP contribution < -0.4 is 5.56 Å². The molecule has 0 atom stereocenters. The zero-order valence-electron chi connectivity index (χ0n) is 35.5. The molecule has 1 saturated carbocycles. The normalized spacial score (nSPS) is 19.1. The summed E-state index contributed by atoms with van der Waals surface area (Å²) in [5.74, 6) is -0.452. The molecule has 0 bridgehead atoms. The molecular formula is C45H61FN8O6. The molecule has 7 rings (SSSR count). The molecule has 14 nitrogen and oxygen atoms in total. The zero-order chi connectivity index (χ0) is 42.4. The summed E-state index contributed by atoms with van der Waals surface area (Å²) in [6, 6.07) is 11.7. The summed E-state index contributed by atoms with van der Waals surface area (Å²) >= 11 is 0. The van der Waals surface area contributed by atoms with E-state index in [1.165, 1.54) is 6.07 Å². The van der Waals surface area contributed by atoms with Gasteiger partial charge in [-0.15, -0.1) is 0 Å². The highest BCUT2D eigenvalue weighted by Crippen LogP contribution is 2.26. The van der Waals surface area contributed by atoms with E-state index < -0.39 is 23.4 Å². The highest BCUT2D eigenvalue weighted by Gasteiger charge is 2.34. The molecule has 3 aromatic rings. The Balaban J connectivity index is 0.818. The second-order valence-corrected chi connectivity index (χ2v) is 18.0. The number of carbonyl (C=O) groups excluding carboxylic acids is 4. The number of likely N-dealkylation sites (tertiary alicyclic amines) is 1. The lowest BCUT2D eigenvalue weighted by molar-refractivity contribution is -0.135. The average molecular weight is 829 g/mol. The predicted octanol–water partition coefficient (Wildman–Crippen LogP) is 4.36. The monoisotopic (exact) mass is 828 g/mol. The molecule has 3 saturated heterocycles. The van der Waals surface area contributed by atoms with Gasteiger partial charge in [-0.3, -0.25) is 33.9 Å². The van der Waals surface area contributed by atoms with E-state index >= 15 is 4.39 Å². The summed E-state index contributed by atoms with van der Waals surface area (Å²) in [7, 11) is 0. The van der Waals surface area contributed by atoms with Crippen LogP contribution in [0.2, 0.25) is 0 Å². The molecule has 4 fully saturated rings. The number of H-pyrrole nitrogens is 1. The number of hydrogen-bond acceptors (Lipinski definition) is 9. The number of aromatic nitrogens is 2. The van der Waals surface area contributed by atoms with Crippen molar-refractivity contribution in [1.29, 1.82) is 0 Å². The second-order valence-electron chi connectivity index (χ2n) is 18.0. The van der Waals surface area contributed by atoms with Gasteiger partial charge in [-0.05, 0) is 89.2 Å². The van der Waals surface area contributed by atoms with Gasteiger partial charge in [0.2, 0.25) is 11.8 Å². The number of piperidine rings is 1. The number of aromatic amines is 1. The van der Waals surface area contributed by atoms with E-state index in [-0.39, 0.29) is 35.5 Å². The number of carbonyl (C=O) groups is 4. The quantitative estimate of drug-likeness (QED) is 0.316. The lowest BCUT2D eigenvalue weighted by atomic mass is 9.94. The van der Waals surface area contributed by atoms with E-state index in [2.05, 4.69) is 20.0 Å². The number of nitrogens with one attached hydrogen (secondary N) is 1. The van der Waals surface area contributed by atoms with Gasteiger partial charge >= 0.3 is 6.09 Å². The third-order valence-electron chi connectivity index (χ3n) is 12.6. The second kappa shape index (κ2) is 19.2. The molecule has 60 heavy (non-hydrogen) atoms. The first-order valence-electron chi connectivity index (χ1n) is 21.8. The van der Waals surface area contributed by atoms with Gasteiger partial charge in [-0.1, -0.05) is 43.5 Å². The van der Waals surface area contributed by atoms with E-state index in [0.29, 0.717) is 80.2 Å². The number of ether oxygens (including phenoxy) is 1. The van der Waals surface area contributed by atoms with Crippen LogP contribution in [0.25, 0.3) is 10.8 Å². The van der Waals surface area contributed by atoms with Crippen molar-refractivity contribution >= 4 is 34.6 Å². The summed E-state index contributed by atoms with van der Waals surface area (Å²) in [4.78, 5) is 77.4. The maximum Gasteiger partial charge on any atom is 0.411 e. The molecule has 1 aliphatic carbocycles. The first kappa shape index (κ1) is 43.2. The third kappa shape index (κ3) is 10.9. The van der Waals surface area contributed by atoms with Crippen LogP contribution in [0.3, 0.4) is 0 Å². The topological polar surface area (TPSA) is 143 Å². The van der Waals surface area contributed by atoms with Crippen LogP contribution in [-0.2, 0) is 20.7 Å². The van der Waals surface area contributed by atoms with E-state index in [1.54, 1.807) is 39.0 Å². The standard InChI is InChI=1S/C45H61FN8O6/c1-45(2,3)60-44(59)54(34-9-5-4-6-10-34)31-41(56)51-21-19-50(20-22-51)29-32-15-17-49(18-16-32)30-40(55)52-23-25-53(26-24-52)43(58)37-27-33(13-14-38(37)46)28-39-35-11-7-8-12-36(35)42(57)48-47-39/h7-8,11-14,27,32,34H,4-6,9-10,15-26,28-31H2,1-3H3,(H,48,57). The van der Waals surface area contributed by atoms with E-state index in [9.17, 15) is 24.0 Å². The van der Waals surface area contributed by atoms with Gasteiger partial charge in [0.15, 0.2) is 0 Å². The molecule has 324 valence electrons. The van der Waals surface area contributed by atoms with Crippen LogP contribution in [0.5, 0.6) is 0 Å². The van der Waals surface area contributed by atoms with Gasteiger partial charge in [0.1, 0.15) is 18.0 Å². The number of fused-ring (bicyclic) bond motifs is 1. The smallest absolute Gasteiger partial charge is 0.411 e. The minimum Gasteiger partial charge on any atom is -0.444 e. The number of hydrogen-bond donors (Lipinski definition) is 1. The number of amides is 4. The first-order valence-corrected chi connectivity index (χ1v) is 21.8. The van der Waals surface area contributed by atoms with Crippen molar-refractivity contribution in [2.45, 2.75) is 83.8 Å². The van der Waals surface area contributed by atoms with Crippen molar-refractivity contribution in [3.8, 4) is 0 Å². The largest absolute Gasteiger partial charge is 0.444 e. The minimum atomic E-state index is -0.617. The molecule has 3 aliphatic heterocycles. The lowest BCUT2D eigenvalue weighted by Crippen LogP contribution is -2.55. The molecule has 15 heteroatoms. The fourth-order valence-electron chi connectivity index (χ4n) is 9.14. The highest BCUT2D eigenvalue weighted by molar-refractivity contribution is 5.95. The molecule has 4 aliphatic rings. The molecule has 1 N–H and O–H groups in total. The zero-order valence-corrected chi connectivity index (χ0v) is 35.5. The third-order valence-corrected chi connectivity index (χ3v) is 12.6. The van der Waals surface area contributed by atoms with Crippen LogP contribution in [0.15, 0.2) is 47.3 Å². The first-order chi connectivity index (χ1) is 28.8. The molecule has 0 spiro atoms. The molecule has 4 amide bonds. The Hall–Kier alpha value is -4.89. The lowest BCUT2D eigenvalue weighted by Gasteiger charge is -2.40. The number of halogens is 1. The molecule has 0 radical (unpaired) electrons. The van der Waals surface area contributed by atoms with Crippen molar-refractivity contribution in [2.75, 3.05) is 85.1 Å². The molecule has 4 heterocycles. The number of benzene rings is 2. The minimum absolute atomic E-state index is 0.0108. The average Bonchev–Trinajstić information content (AvgIpc) is 3.25. The predicted molar refractivity (Wildman–Crippen MR) is 226 cm³/mol. The van der Waals surface area contributed by atoms with E-state index in [1.807, 2.05) is 37.8 Å². The molecule has 1 aromatic heterocycles. The SMILES string of the molecule is CC(C)(C)OC(=O)N(CC(=O)N1CCN(CC2CCN(CC(=O)N3CCN(C(=O)c4cc(Cc5n[nH]c(=O)c6ccccc56)ccc4F)CC3)CC2)CC1)C1CCCCC1. The van der Waals surface area contributed by atoms with E-state index in [0.717, 1.165) is 77.7 Å². The van der Waals surface area contributed by atoms with Gasteiger partial charge in [0, 0.05) is 76.8 Å². The van der Waals surface area contributed by atoms with Crippen molar-refractivity contribution in [3.05, 3.63) is 75.5 Å². The molecule has 2 aromatic carbocycles. The van der Waals surface area contributed by atoms with Gasteiger partial charge in [0.25, 0.3) is 11.5 Å². The Morgan fingerprint density at radius 2 is 1.42 bits per heavy atom. The fourth-order valence-corrected chi connectivity index (χ4v) is 9.14. The van der Waals surface area contributed by atoms with Crippen molar-refractivity contribution < 1.29 is 28.3 Å². The summed E-state index contributed by atoms with van der Waals surface area (Å²) in [5, 5.41) is 7.98. The Bertz CT molecular complexity index is 2060. The van der Waals surface area contributed by atoms with Gasteiger partial charge in [0.05, 0.1) is 23.2 Å². The maximum absolute atomic E-state index is 15.0. The Kier molecular flexibility index (Phi) is 13.8. The summed E-state index contributed by atoms with van der Waals surface area (Å²) in [6.07, 6.45) is 7.03. The number of nitrogens with zero attached hydrogens (tertiary/aromatic N) is 7. The van der Waals surface area contributed by atoms with Crippen LogP contribution >= 0.6 is 0 Å². The summed E-state index contributed by atoms with van der Waals surface area (Å²) < 4.78 is 20.7. The van der Waals surface area contributed by atoms with Crippen molar-refractivity contribution in [1.82, 2.24) is 39.6 Å². The molecular weight excluding hydrogens is 768 g/mol. The maximum atomic E-state index is 15.0. The van der Waals surface area contributed by atoms with Crippen molar-refractivity contribution in [2.24, 2.45) is 5.92 Å². The number of piperazine rings is 2. The van der Waals surface area contributed by atoms with Gasteiger partial charge in [-0.25, -0.2) is 14.3 Å². The molecule has 0 unspecified atom stereocenters. The Morgan fingerprint density at radius 3 is 2.10 bits per heavy atom. The van der Waals surface area contributed by atoms with Crippen LogP contribution in [0.1, 0.15) is 87.3 Å². The van der Waals surface area contributed by atoms with Crippen LogP contribution in [-0.4, -0.2) is 160 Å². The summed E-state index contributed by atoms with van der Waals surface area (Å²) in [6.45, 7) is 13.0. The van der Waals surface area contributed by atoms with Crippen molar-refractivity contribution in [3.63, 3.8) is 0 Å². The highest BCUT2D eigenvalue weighted by atomic mass is 19.1. The van der Waals surface area contributed by atoms with Crippen LogP contribution in [0, 0.1) is 11.7 Å². The van der Waals surface area contributed by atoms with Gasteiger partial charge < -0.3 is 19.4 Å². The summed E-state index contributed by atoms with van der Waals surface area (Å²) in [5.41, 5.74) is 0.415. The fraction of sp³-hybridized carbons (Fsp3) is 0.600. The Morgan fingerprint density at radius 1 is 0.783 bits per heavy atom.